The molecule has 3 nitrogen and oxygen atoms in total. The summed E-state index contributed by atoms with van der Waals surface area (Å²) in [6, 6.07) is 3.72. The fraction of sp³-hybridized carbons (Fsp3) is 0.286. The van der Waals surface area contributed by atoms with Crippen LogP contribution in [0.1, 0.15) is 5.69 Å². The minimum Gasteiger partial charge on any atom is -0.400 e. The Balaban J connectivity index is 0.000000371. The third-order valence-electron chi connectivity index (χ3n) is 0.934. The van der Waals surface area contributed by atoms with Crippen molar-refractivity contribution in [2.75, 3.05) is 12.8 Å². The van der Waals surface area contributed by atoms with Gasteiger partial charge in [-0.15, -0.1) is 0 Å². The SMILES string of the molecule is CO.Cc1ccc(N)cn1. The first-order chi connectivity index (χ1) is 4.79. The maximum Gasteiger partial charge on any atom is 0.0500 e. The lowest BCUT2D eigenvalue weighted by Crippen LogP contribution is -1.85. The van der Waals surface area contributed by atoms with Gasteiger partial charge < -0.3 is 10.8 Å². The molecule has 0 aliphatic carbocycles. The van der Waals surface area contributed by atoms with Crippen molar-refractivity contribution in [3.63, 3.8) is 0 Å². The summed E-state index contributed by atoms with van der Waals surface area (Å²) < 4.78 is 0. The number of aliphatic hydroxyl groups excluding tert-OH is 1. The summed E-state index contributed by atoms with van der Waals surface area (Å²) in [6.45, 7) is 1.93. The molecule has 0 atom stereocenters. The zero-order valence-electron chi connectivity index (χ0n) is 6.20. The van der Waals surface area contributed by atoms with Crippen molar-refractivity contribution < 1.29 is 5.11 Å². The van der Waals surface area contributed by atoms with Crippen LogP contribution in [-0.2, 0) is 0 Å². The van der Waals surface area contributed by atoms with Gasteiger partial charge in [-0.2, -0.15) is 0 Å². The number of nitrogens with zero attached hydrogens (tertiary/aromatic N) is 1. The monoisotopic (exact) mass is 140 g/mol. The number of hydrogen-bond donors (Lipinski definition) is 2. The van der Waals surface area contributed by atoms with Gasteiger partial charge in [-0.05, 0) is 19.1 Å². The van der Waals surface area contributed by atoms with E-state index >= 15 is 0 Å². The summed E-state index contributed by atoms with van der Waals surface area (Å²) in [4.78, 5) is 3.95. The van der Waals surface area contributed by atoms with Gasteiger partial charge in [0.2, 0.25) is 0 Å². The quantitative estimate of drug-likeness (QED) is 0.554. The van der Waals surface area contributed by atoms with Crippen LogP contribution in [0, 0.1) is 6.92 Å². The van der Waals surface area contributed by atoms with Crippen molar-refractivity contribution in [3.8, 4) is 0 Å². The molecule has 0 aliphatic heterocycles. The van der Waals surface area contributed by atoms with E-state index in [9.17, 15) is 0 Å². The lowest BCUT2D eigenvalue weighted by atomic mass is 10.4. The van der Waals surface area contributed by atoms with Crippen molar-refractivity contribution in [3.05, 3.63) is 24.0 Å². The van der Waals surface area contributed by atoms with Crippen molar-refractivity contribution in [1.29, 1.82) is 0 Å². The maximum absolute atomic E-state index is 7.00. The molecular formula is C7H12N2O. The van der Waals surface area contributed by atoms with Gasteiger partial charge in [0.25, 0.3) is 0 Å². The fourth-order valence-corrected chi connectivity index (χ4v) is 0.479. The molecule has 0 saturated carbocycles. The molecule has 1 heterocycles. The van der Waals surface area contributed by atoms with Crippen molar-refractivity contribution >= 4 is 5.69 Å². The molecule has 0 amide bonds. The molecule has 10 heavy (non-hydrogen) atoms. The third-order valence-corrected chi connectivity index (χ3v) is 0.934. The van der Waals surface area contributed by atoms with E-state index in [2.05, 4.69) is 4.98 Å². The Kier molecular flexibility index (Phi) is 4.24. The van der Waals surface area contributed by atoms with E-state index in [1.807, 2.05) is 19.1 Å². The van der Waals surface area contributed by atoms with Crippen LogP contribution in [0.2, 0.25) is 0 Å². The second-order valence-electron chi connectivity index (χ2n) is 1.73. The summed E-state index contributed by atoms with van der Waals surface area (Å²) >= 11 is 0. The molecule has 0 bridgehead atoms. The molecule has 1 aromatic rings. The van der Waals surface area contributed by atoms with Crippen LogP contribution in [0.15, 0.2) is 18.3 Å². The molecule has 1 aromatic heterocycles. The topological polar surface area (TPSA) is 59.1 Å². The number of rotatable bonds is 0. The number of aromatic nitrogens is 1. The van der Waals surface area contributed by atoms with Gasteiger partial charge in [-0.3, -0.25) is 4.98 Å². The number of anilines is 1. The minimum absolute atomic E-state index is 0.718. The van der Waals surface area contributed by atoms with Gasteiger partial charge in [0.15, 0.2) is 0 Å². The van der Waals surface area contributed by atoms with Crippen LogP contribution >= 0.6 is 0 Å². The highest BCUT2D eigenvalue weighted by Gasteiger charge is 1.81. The molecule has 0 radical (unpaired) electrons. The van der Waals surface area contributed by atoms with Crippen LogP contribution < -0.4 is 5.73 Å². The molecule has 0 aromatic carbocycles. The number of aliphatic hydroxyl groups is 1. The average Bonchev–Trinajstić information content (AvgIpc) is 2.00. The van der Waals surface area contributed by atoms with E-state index in [4.69, 9.17) is 10.8 Å². The Morgan fingerprint density at radius 1 is 1.40 bits per heavy atom. The highest BCUT2D eigenvalue weighted by molar-refractivity contribution is 5.34. The molecule has 56 valence electrons. The van der Waals surface area contributed by atoms with Gasteiger partial charge in [0.05, 0.1) is 11.9 Å². The highest BCUT2D eigenvalue weighted by atomic mass is 16.2. The lowest BCUT2D eigenvalue weighted by molar-refractivity contribution is 0.399. The standard InChI is InChI=1S/C6H8N2.CH4O/c1-5-2-3-6(7)4-8-5;1-2/h2-4H,7H2,1H3;2H,1H3. The molecule has 1 rings (SSSR count). The molecular weight excluding hydrogens is 128 g/mol. The summed E-state index contributed by atoms with van der Waals surface area (Å²) in [6.07, 6.45) is 1.65. The smallest absolute Gasteiger partial charge is 0.0500 e. The Labute approximate surface area is 60.5 Å². The zero-order chi connectivity index (χ0) is 7.98. The number of nitrogen functional groups attached to an aromatic ring is 1. The Hall–Kier alpha value is -1.09. The van der Waals surface area contributed by atoms with Crippen LogP contribution in [0.5, 0.6) is 0 Å². The summed E-state index contributed by atoms with van der Waals surface area (Å²) in [5.41, 5.74) is 7.08. The van der Waals surface area contributed by atoms with Crippen molar-refractivity contribution in [1.82, 2.24) is 4.98 Å². The van der Waals surface area contributed by atoms with Crippen LogP contribution in [-0.4, -0.2) is 17.2 Å². The van der Waals surface area contributed by atoms with E-state index in [1.54, 1.807) is 6.20 Å². The maximum atomic E-state index is 7.00. The van der Waals surface area contributed by atoms with Crippen LogP contribution in [0.4, 0.5) is 5.69 Å². The lowest BCUT2D eigenvalue weighted by Gasteiger charge is -1.89. The first-order valence-corrected chi connectivity index (χ1v) is 2.92. The molecule has 0 saturated heterocycles. The summed E-state index contributed by atoms with van der Waals surface area (Å²) in [5, 5.41) is 7.00. The van der Waals surface area contributed by atoms with E-state index in [1.165, 1.54) is 0 Å². The second-order valence-corrected chi connectivity index (χ2v) is 1.73. The summed E-state index contributed by atoms with van der Waals surface area (Å²) in [5.74, 6) is 0. The Bertz CT molecular complexity index is 150. The Morgan fingerprint density at radius 3 is 2.30 bits per heavy atom. The van der Waals surface area contributed by atoms with E-state index in [0.717, 1.165) is 18.5 Å². The number of aryl methyl sites for hydroxylation is 1. The second kappa shape index (κ2) is 4.76. The first-order valence-electron chi connectivity index (χ1n) is 2.92. The predicted octanol–water partition coefficient (Wildman–Crippen LogP) is 0.581. The molecule has 0 unspecified atom stereocenters. The first kappa shape index (κ1) is 8.91. The molecule has 0 aliphatic rings. The van der Waals surface area contributed by atoms with E-state index in [-0.39, 0.29) is 0 Å². The molecule has 3 N–H and O–H groups in total. The average molecular weight is 140 g/mol. The largest absolute Gasteiger partial charge is 0.400 e. The van der Waals surface area contributed by atoms with Gasteiger partial charge in [-0.1, -0.05) is 0 Å². The van der Waals surface area contributed by atoms with Crippen LogP contribution in [0.25, 0.3) is 0 Å². The normalized spacial score (nSPS) is 7.90. The predicted molar refractivity (Wildman–Crippen MR) is 41.5 cm³/mol. The van der Waals surface area contributed by atoms with Crippen molar-refractivity contribution in [2.24, 2.45) is 0 Å². The fourth-order valence-electron chi connectivity index (χ4n) is 0.479. The van der Waals surface area contributed by atoms with E-state index in [0.29, 0.717) is 0 Å². The van der Waals surface area contributed by atoms with Gasteiger partial charge >= 0.3 is 0 Å². The molecule has 0 spiro atoms. The number of pyridine rings is 1. The van der Waals surface area contributed by atoms with Crippen LogP contribution in [0.3, 0.4) is 0 Å². The molecule has 0 fully saturated rings. The number of hydrogen-bond acceptors (Lipinski definition) is 3. The zero-order valence-corrected chi connectivity index (χ0v) is 6.20. The highest BCUT2D eigenvalue weighted by Crippen LogP contribution is 1.97. The van der Waals surface area contributed by atoms with Gasteiger partial charge in [0, 0.05) is 12.8 Å². The Morgan fingerprint density at radius 2 is 2.00 bits per heavy atom. The minimum atomic E-state index is 0.718. The number of nitrogens with two attached hydrogens (primary N) is 1. The third kappa shape index (κ3) is 3.04. The van der Waals surface area contributed by atoms with Gasteiger partial charge in [0.1, 0.15) is 0 Å². The van der Waals surface area contributed by atoms with Gasteiger partial charge in [-0.25, -0.2) is 0 Å². The molecule has 3 heteroatoms. The van der Waals surface area contributed by atoms with E-state index < -0.39 is 0 Å². The summed E-state index contributed by atoms with van der Waals surface area (Å²) in [7, 11) is 1.00. The van der Waals surface area contributed by atoms with Crippen molar-refractivity contribution in [2.45, 2.75) is 6.92 Å².